The van der Waals surface area contributed by atoms with Crippen LogP contribution >= 0.6 is 0 Å². The average molecular weight is 301 g/mol. The molecule has 5 heteroatoms. The lowest BCUT2D eigenvalue weighted by molar-refractivity contribution is -0.135. The number of rotatable bonds is 5. The third-order valence-electron chi connectivity index (χ3n) is 4.50. The van der Waals surface area contributed by atoms with Gasteiger partial charge in [0.25, 0.3) is 0 Å². The number of hydrogen-bond donors (Lipinski definition) is 1. The fourth-order valence-corrected chi connectivity index (χ4v) is 3.33. The molecule has 1 N–H and O–H groups in total. The van der Waals surface area contributed by atoms with Crippen molar-refractivity contribution < 1.29 is 9.90 Å². The lowest BCUT2D eigenvalue weighted by atomic mass is 9.99. The summed E-state index contributed by atoms with van der Waals surface area (Å²) in [6.07, 6.45) is 6.23. The lowest BCUT2D eigenvalue weighted by Gasteiger charge is -2.35. The summed E-state index contributed by atoms with van der Waals surface area (Å²) < 4.78 is 2.04. The van der Waals surface area contributed by atoms with Crippen molar-refractivity contribution in [3.8, 4) is 0 Å². The van der Waals surface area contributed by atoms with Crippen LogP contribution in [0.4, 0.5) is 0 Å². The Hall–Kier alpha value is -1.88. The minimum atomic E-state index is 0.153. The number of aryl methyl sites for hydroxylation is 1. The highest BCUT2D eigenvalue weighted by Gasteiger charge is 2.25. The summed E-state index contributed by atoms with van der Waals surface area (Å²) in [6.45, 7) is 1.64. The van der Waals surface area contributed by atoms with E-state index in [9.17, 15) is 4.79 Å². The molecule has 1 unspecified atom stereocenters. The zero-order valence-corrected chi connectivity index (χ0v) is 12.8. The molecule has 5 nitrogen and oxygen atoms in total. The van der Waals surface area contributed by atoms with Crippen LogP contribution in [0, 0.1) is 0 Å². The van der Waals surface area contributed by atoms with Crippen LogP contribution < -0.4 is 0 Å². The second-order valence-corrected chi connectivity index (χ2v) is 5.93. The number of aromatic nitrogens is 2. The first-order valence-corrected chi connectivity index (χ1v) is 8.10. The molecule has 118 valence electrons. The van der Waals surface area contributed by atoms with Gasteiger partial charge < -0.3 is 14.6 Å². The summed E-state index contributed by atoms with van der Waals surface area (Å²) in [6, 6.07) is 8.19. The molecular formula is C17H23N3O2. The maximum atomic E-state index is 12.5. The largest absolute Gasteiger partial charge is 0.396 e. The number of carbonyl (C=O) groups excluding carboxylic acids is 1. The van der Waals surface area contributed by atoms with Gasteiger partial charge in [0.15, 0.2) is 0 Å². The molecule has 2 aromatic rings. The molecule has 1 atom stereocenters. The standard InChI is InChI=1S/C17H23N3O2/c21-12-9-14-5-3-4-10-20(14)17(22)8-11-19-13-18-15-6-1-2-7-16(15)19/h1-2,6-7,13-14,21H,3-5,8-12H2. The van der Waals surface area contributed by atoms with Gasteiger partial charge in [0.1, 0.15) is 0 Å². The molecule has 0 saturated carbocycles. The van der Waals surface area contributed by atoms with E-state index in [0.29, 0.717) is 19.4 Å². The monoisotopic (exact) mass is 301 g/mol. The lowest BCUT2D eigenvalue weighted by Crippen LogP contribution is -2.44. The first kappa shape index (κ1) is 15.0. The summed E-state index contributed by atoms with van der Waals surface area (Å²) in [5.41, 5.74) is 2.03. The zero-order chi connectivity index (χ0) is 15.4. The van der Waals surface area contributed by atoms with E-state index in [1.165, 1.54) is 0 Å². The van der Waals surface area contributed by atoms with Crippen molar-refractivity contribution in [3.63, 3.8) is 0 Å². The Morgan fingerprint density at radius 1 is 1.32 bits per heavy atom. The molecule has 1 aromatic carbocycles. The zero-order valence-electron chi connectivity index (χ0n) is 12.8. The molecule has 1 fully saturated rings. The normalized spacial score (nSPS) is 18.8. The minimum Gasteiger partial charge on any atom is -0.396 e. The molecule has 1 aromatic heterocycles. The van der Waals surface area contributed by atoms with E-state index in [1.54, 1.807) is 6.33 Å². The van der Waals surface area contributed by atoms with Crippen LogP contribution in [-0.4, -0.2) is 44.7 Å². The first-order valence-electron chi connectivity index (χ1n) is 8.10. The predicted molar refractivity (Wildman–Crippen MR) is 85.4 cm³/mol. The molecule has 2 heterocycles. The van der Waals surface area contributed by atoms with Crippen LogP contribution in [0.15, 0.2) is 30.6 Å². The molecule has 1 aliphatic rings. The summed E-state index contributed by atoms with van der Waals surface area (Å²) in [7, 11) is 0. The van der Waals surface area contributed by atoms with Gasteiger partial charge >= 0.3 is 0 Å². The molecular weight excluding hydrogens is 278 g/mol. The van der Waals surface area contributed by atoms with E-state index >= 15 is 0 Å². The Bertz CT molecular complexity index is 636. The number of piperidine rings is 1. The van der Waals surface area contributed by atoms with Crippen molar-refractivity contribution in [3.05, 3.63) is 30.6 Å². The number of para-hydroxylation sites is 2. The number of imidazole rings is 1. The number of amides is 1. The van der Waals surface area contributed by atoms with Crippen molar-refractivity contribution in [2.75, 3.05) is 13.2 Å². The van der Waals surface area contributed by atoms with Crippen LogP contribution in [0.1, 0.15) is 32.1 Å². The molecule has 0 bridgehead atoms. The number of nitrogens with zero attached hydrogens (tertiary/aromatic N) is 3. The van der Waals surface area contributed by atoms with Gasteiger partial charge in [-0.1, -0.05) is 12.1 Å². The number of hydrogen-bond acceptors (Lipinski definition) is 3. The average Bonchev–Trinajstić information content (AvgIpc) is 2.97. The van der Waals surface area contributed by atoms with Crippen molar-refractivity contribution in [1.82, 2.24) is 14.5 Å². The second kappa shape index (κ2) is 6.92. The molecule has 1 amide bonds. The van der Waals surface area contributed by atoms with E-state index in [1.807, 2.05) is 33.7 Å². The first-order chi connectivity index (χ1) is 10.8. The molecule has 3 rings (SSSR count). The van der Waals surface area contributed by atoms with Gasteiger partial charge in [-0.3, -0.25) is 4.79 Å². The van der Waals surface area contributed by atoms with Crippen LogP contribution in [0.25, 0.3) is 11.0 Å². The molecule has 1 saturated heterocycles. The smallest absolute Gasteiger partial charge is 0.224 e. The third kappa shape index (κ3) is 3.14. The van der Waals surface area contributed by atoms with Crippen LogP contribution in [0.5, 0.6) is 0 Å². The van der Waals surface area contributed by atoms with Gasteiger partial charge in [-0.05, 0) is 37.8 Å². The SMILES string of the molecule is O=C(CCn1cnc2ccccc21)N1CCCCC1CCO. The topological polar surface area (TPSA) is 58.4 Å². The Labute approximate surface area is 130 Å². The van der Waals surface area contributed by atoms with Crippen molar-refractivity contribution in [2.45, 2.75) is 44.7 Å². The fraction of sp³-hybridized carbons (Fsp3) is 0.529. The van der Waals surface area contributed by atoms with Crippen LogP contribution in [-0.2, 0) is 11.3 Å². The van der Waals surface area contributed by atoms with Gasteiger partial charge in [0.2, 0.25) is 5.91 Å². The van der Waals surface area contributed by atoms with Crippen molar-refractivity contribution in [1.29, 1.82) is 0 Å². The number of likely N-dealkylation sites (tertiary alicyclic amines) is 1. The second-order valence-electron chi connectivity index (χ2n) is 5.93. The number of benzene rings is 1. The summed E-state index contributed by atoms with van der Waals surface area (Å²) >= 11 is 0. The van der Waals surface area contributed by atoms with Crippen molar-refractivity contribution >= 4 is 16.9 Å². The van der Waals surface area contributed by atoms with Gasteiger partial charge in [-0.2, -0.15) is 0 Å². The maximum absolute atomic E-state index is 12.5. The van der Waals surface area contributed by atoms with E-state index < -0.39 is 0 Å². The Balaban J connectivity index is 1.64. The Morgan fingerprint density at radius 2 is 2.18 bits per heavy atom. The van der Waals surface area contributed by atoms with Crippen molar-refractivity contribution in [2.24, 2.45) is 0 Å². The van der Waals surface area contributed by atoms with E-state index in [-0.39, 0.29) is 18.6 Å². The van der Waals surface area contributed by atoms with Gasteiger partial charge in [0, 0.05) is 32.2 Å². The molecule has 0 radical (unpaired) electrons. The predicted octanol–water partition coefficient (Wildman–Crippen LogP) is 2.19. The van der Waals surface area contributed by atoms with Gasteiger partial charge in [-0.25, -0.2) is 4.98 Å². The number of carbonyl (C=O) groups is 1. The third-order valence-corrected chi connectivity index (χ3v) is 4.50. The van der Waals surface area contributed by atoms with E-state index in [0.717, 1.165) is 36.8 Å². The maximum Gasteiger partial charge on any atom is 0.224 e. The van der Waals surface area contributed by atoms with Gasteiger partial charge in [0.05, 0.1) is 17.4 Å². The number of aliphatic hydroxyl groups excluding tert-OH is 1. The molecule has 0 spiro atoms. The Kier molecular flexibility index (Phi) is 4.73. The summed E-state index contributed by atoms with van der Waals surface area (Å²) in [5, 5.41) is 9.17. The highest BCUT2D eigenvalue weighted by molar-refractivity contribution is 5.78. The molecule has 22 heavy (non-hydrogen) atoms. The van der Waals surface area contributed by atoms with Crippen LogP contribution in [0.3, 0.4) is 0 Å². The Morgan fingerprint density at radius 3 is 3.05 bits per heavy atom. The highest BCUT2D eigenvalue weighted by atomic mass is 16.3. The molecule has 0 aliphatic carbocycles. The minimum absolute atomic E-state index is 0.153. The summed E-state index contributed by atoms with van der Waals surface area (Å²) in [5.74, 6) is 0.191. The van der Waals surface area contributed by atoms with E-state index in [2.05, 4.69) is 4.98 Å². The quantitative estimate of drug-likeness (QED) is 0.921. The van der Waals surface area contributed by atoms with E-state index in [4.69, 9.17) is 5.11 Å². The van der Waals surface area contributed by atoms with Gasteiger partial charge in [-0.15, -0.1) is 0 Å². The fourth-order valence-electron chi connectivity index (χ4n) is 3.33. The number of fused-ring (bicyclic) bond motifs is 1. The highest BCUT2D eigenvalue weighted by Crippen LogP contribution is 2.21. The number of aliphatic hydroxyl groups is 1. The van der Waals surface area contributed by atoms with Crippen LogP contribution in [0.2, 0.25) is 0 Å². The summed E-state index contributed by atoms with van der Waals surface area (Å²) in [4.78, 5) is 18.9. The molecule has 1 aliphatic heterocycles.